The average molecular weight is 444 g/mol. The first-order chi connectivity index (χ1) is 14.9. The Kier molecular flexibility index (Phi) is 4.98. The van der Waals surface area contributed by atoms with Crippen LogP contribution >= 0.6 is 11.6 Å². The number of carbonyl (C=O) groups is 2. The summed E-state index contributed by atoms with van der Waals surface area (Å²) < 4.78 is 12.0. The number of benzene rings is 1. The fourth-order valence-corrected chi connectivity index (χ4v) is 5.12. The lowest BCUT2D eigenvalue weighted by Crippen LogP contribution is -2.59. The van der Waals surface area contributed by atoms with Crippen LogP contribution in [0.4, 0.5) is 5.69 Å². The van der Waals surface area contributed by atoms with Gasteiger partial charge in [-0.3, -0.25) is 9.59 Å². The summed E-state index contributed by atoms with van der Waals surface area (Å²) in [6, 6.07) is 8.93. The number of nitrogens with zero attached hydrogens (tertiary/aromatic N) is 1. The molecule has 0 aliphatic carbocycles. The molecule has 7 nitrogen and oxygen atoms in total. The maximum Gasteiger partial charge on any atom is 0.289 e. The van der Waals surface area contributed by atoms with Gasteiger partial charge in [-0.25, -0.2) is 0 Å². The van der Waals surface area contributed by atoms with Crippen molar-refractivity contribution in [1.29, 1.82) is 0 Å². The number of amides is 2. The molecule has 2 saturated heterocycles. The van der Waals surface area contributed by atoms with E-state index in [1.807, 2.05) is 17.0 Å². The fraction of sp³-hybridized carbons (Fsp3) is 0.478. The lowest BCUT2D eigenvalue weighted by molar-refractivity contribution is -0.0397. The summed E-state index contributed by atoms with van der Waals surface area (Å²) >= 11 is 6.04. The molecule has 4 heterocycles. The fourth-order valence-electron chi connectivity index (χ4n) is 4.94. The molecule has 3 aliphatic rings. The summed E-state index contributed by atoms with van der Waals surface area (Å²) in [5, 5.41) is 7.09. The van der Waals surface area contributed by atoms with E-state index in [9.17, 15) is 9.59 Å². The summed E-state index contributed by atoms with van der Waals surface area (Å²) in [6.45, 7) is 3.66. The van der Waals surface area contributed by atoms with Gasteiger partial charge in [0, 0.05) is 36.6 Å². The molecule has 0 saturated carbocycles. The topological polar surface area (TPSA) is 83.8 Å². The molecule has 2 spiro atoms. The lowest BCUT2D eigenvalue weighted by atomic mass is 9.84. The zero-order valence-corrected chi connectivity index (χ0v) is 18.3. The van der Waals surface area contributed by atoms with Crippen molar-refractivity contribution in [1.82, 2.24) is 10.2 Å². The number of fused-ring (bicyclic) bond motifs is 1. The number of hydrogen-bond donors (Lipinski definition) is 2. The molecule has 2 amide bonds. The first kappa shape index (κ1) is 20.4. The number of halogens is 1. The van der Waals surface area contributed by atoms with Gasteiger partial charge in [-0.1, -0.05) is 18.5 Å². The summed E-state index contributed by atoms with van der Waals surface area (Å²) in [5.41, 5.74) is 0.306. The van der Waals surface area contributed by atoms with E-state index >= 15 is 0 Å². The largest absolute Gasteiger partial charge is 0.456 e. The third-order valence-corrected chi connectivity index (χ3v) is 6.77. The Balaban J connectivity index is 1.25. The van der Waals surface area contributed by atoms with Gasteiger partial charge >= 0.3 is 0 Å². The zero-order valence-electron chi connectivity index (χ0n) is 17.5. The molecule has 5 rings (SSSR count). The van der Waals surface area contributed by atoms with E-state index in [-0.39, 0.29) is 17.4 Å². The van der Waals surface area contributed by atoms with Crippen LogP contribution in [0.25, 0.3) is 0 Å². The van der Waals surface area contributed by atoms with Crippen LogP contribution in [0.2, 0.25) is 5.02 Å². The number of rotatable bonds is 3. The summed E-state index contributed by atoms with van der Waals surface area (Å²) in [5.74, 6) is 1.03. The van der Waals surface area contributed by atoms with E-state index in [1.165, 1.54) is 0 Å². The maximum atomic E-state index is 12.8. The molecule has 8 heteroatoms. The van der Waals surface area contributed by atoms with Crippen molar-refractivity contribution in [2.24, 2.45) is 0 Å². The van der Waals surface area contributed by atoms with Gasteiger partial charge in [-0.05, 0) is 49.6 Å². The predicted molar refractivity (Wildman–Crippen MR) is 116 cm³/mol. The van der Waals surface area contributed by atoms with Gasteiger partial charge in [0.25, 0.3) is 11.8 Å². The van der Waals surface area contributed by atoms with Crippen molar-refractivity contribution < 1.29 is 18.7 Å². The van der Waals surface area contributed by atoms with Crippen LogP contribution in [0.1, 0.15) is 59.3 Å². The summed E-state index contributed by atoms with van der Waals surface area (Å²) in [7, 11) is 0. The number of furan rings is 1. The average Bonchev–Trinajstić information content (AvgIpc) is 3.35. The Bertz CT molecular complexity index is 1030. The Morgan fingerprint density at radius 1 is 1.19 bits per heavy atom. The second-order valence-electron chi connectivity index (χ2n) is 8.81. The third kappa shape index (κ3) is 3.70. The highest BCUT2D eigenvalue weighted by Crippen LogP contribution is 2.43. The monoisotopic (exact) mass is 443 g/mol. The quantitative estimate of drug-likeness (QED) is 0.753. The Labute approximate surface area is 186 Å². The normalized spacial score (nSPS) is 24.2. The Morgan fingerprint density at radius 2 is 2.00 bits per heavy atom. The van der Waals surface area contributed by atoms with Crippen LogP contribution < -0.4 is 10.6 Å². The summed E-state index contributed by atoms with van der Waals surface area (Å²) in [4.78, 5) is 27.4. The van der Waals surface area contributed by atoms with Gasteiger partial charge in [0.2, 0.25) is 0 Å². The molecule has 1 atom stereocenters. The molecule has 31 heavy (non-hydrogen) atoms. The van der Waals surface area contributed by atoms with Gasteiger partial charge in [0.15, 0.2) is 5.76 Å². The molecule has 3 aliphatic heterocycles. The van der Waals surface area contributed by atoms with Crippen LogP contribution in [0.3, 0.4) is 0 Å². The van der Waals surface area contributed by atoms with Crippen molar-refractivity contribution in [2.45, 2.75) is 50.3 Å². The highest BCUT2D eigenvalue weighted by atomic mass is 35.5. The van der Waals surface area contributed by atoms with Crippen molar-refractivity contribution in [3.05, 3.63) is 52.4 Å². The zero-order chi connectivity index (χ0) is 21.6. The molecule has 2 fully saturated rings. The Morgan fingerprint density at radius 3 is 2.77 bits per heavy atom. The Hall–Kier alpha value is -2.51. The second-order valence-corrected chi connectivity index (χ2v) is 9.24. The van der Waals surface area contributed by atoms with Gasteiger partial charge in [-0.15, -0.1) is 0 Å². The van der Waals surface area contributed by atoms with Gasteiger partial charge < -0.3 is 24.7 Å². The molecule has 1 aromatic heterocycles. The first-order valence-corrected chi connectivity index (χ1v) is 11.2. The molecule has 2 N–H and O–H groups in total. The van der Waals surface area contributed by atoms with Gasteiger partial charge in [0.05, 0.1) is 17.8 Å². The van der Waals surface area contributed by atoms with Crippen LogP contribution in [0, 0.1) is 0 Å². The molecular formula is C23H26ClN3O4. The maximum absolute atomic E-state index is 12.8. The molecule has 1 aromatic carbocycles. The molecule has 1 unspecified atom stereocenters. The smallest absolute Gasteiger partial charge is 0.289 e. The van der Waals surface area contributed by atoms with E-state index in [2.05, 4.69) is 17.6 Å². The number of hydrogen-bond acceptors (Lipinski definition) is 5. The van der Waals surface area contributed by atoms with E-state index in [0.717, 1.165) is 24.3 Å². The second kappa shape index (κ2) is 7.57. The van der Waals surface area contributed by atoms with E-state index < -0.39 is 5.66 Å². The van der Waals surface area contributed by atoms with Gasteiger partial charge in [0.1, 0.15) is 11.4 Å². The van der Waals surface area contributed by atoms with Crippen molar-refractivity contribution >= 4 is 29.1 Å². The van der Waals surface area contributed by atoms with Crippen LogP contribution in [-0.4, -0.2) is 47.7 Å². The standard InChI is InChI=1S/C23H26ClN3O4/c1-2-3-16-5-7-19(31-16)21(29)27-10-8-22(9-11-27)13-23(14-30-22)25-18-6-4-15(24)12-17(18)20(28)26-23/h4-7,12,25H,2-3,8-11,13-14H2,1H3,(H,26,28). The van der Waals surface area contributed by atoms with E-state index in [1.54, 1.807) is 18.2 Å². The number of piperidine rings is 1. The molecule has 0 bridgehead atoms. The molecule has 164 valence electrons. The van der Waals surface area contributed by atoms with Gasteiger partial charge in [-0.2, -0.15) is 0 Å². The number of carbonyl (C=O) groups excluding carboxylic acids is 2. The van der Waals surface area contributed by atoms with Crippen molar-refractivity contribution in [2.75, 3.05) is 25.0 Å². The highest BCUT2D eigenvalue weighted by Gasteiger charge is 2.53. The predicted octanol–water partition coefficient (Wildman–Crippen LogP) is 3.83. The molecule has 0 radical (unpaired) electrons. The van der Waals surface area contributed by atoms with E-state index in [4.69, 9.17) is 20.8 Å². The van der Waals surface area contributed by atoms with Crippen molar-refractivity contribution in [3.63, 3.8) is 0 Å². The number of ether oxygens (including phenoxy) is 1. The van der Waals surface area contributed by atoms with Crippen LogP contribution in [0.5, 0.6) is 0 Å². The van der Waals surface area contributed by atoms with E-state index in [0.29, 0.717) is 55.3 Å². The minimum atomic E-state index is -0.639. The minimum absolute atomic E-state index is 0.0696. The SMILES string of the molecule is CCCc1ccc(C(=O)N2CCC3(CC2)CC2(CO3)NC(=O)c3cc(Cl)ccc3N2)o1. The highest BCUT2D eigenvalue weighted by molar-refractivity contribution is 6.31. The number of aryl methyl sites for hydroxylation is 1. The third-order valence-electron chi connectivity index (χ3n) is 6.53. The van der Waals surface area contributed by atoms with Crippen LogP contribution in [-0.2, 0) is 11.2 Å². The van der Waals surface area contributed by atoms with Crippen LogP contribution in [0.15, 0.2) is 34.7 Å². The van der Waals surface area contributed by atoms with Crippen molar-refractivity contribution in [3.8, 4) is 0 Å². The lowest BCUT2D eigenvalue weighted by Gasteiger charge is -2.40. The molecular weight excluding hydrogens is 418 g/mol. The number of likely N-dealkylation sites (tertiary alicyclic amines) is 1. The number of nitrogens with one attached hydrogen (secondary N) is 2. The minimum Gasteiger partial charge on any atom is -0.456 e. The summed E-state index contributed by atoms with van der Waals surface area (Å²) in [6.07, 6.45) is 3.90. The number of anilines is 1. The first-order valence-electron chi connectivity index (χ1n) is 10.8. The molecule has 2 aromatic rings.